The Morgan fingerprint density at radius 2 is 1.67 bits per heavy atom. The second-order valence-corrected chi connectivity index (χ2v) is 5.19. The van der Waals surface area contributed by atoms with Gasteiger partial charge < -0.3 is 14.5 Å². The van der Waals surface area contributed by atoms with Gasteiger partial charge in [-0.05, 0) is 55.5 Å². The van der Waals surface area contributed by atoms with Crippen LogP contribution in [0.2, 0.25) is 0 Å². The van der Waals surface area contributed by atoms with Gasteiger partial charge >= 0.3 is 0 Å². The molecule has 120 valence electrons. The standard InChI is InChI=1S/C20H17NO3/c1-15-7-12-20(23-15)19(22)13-14-21-16-8-10-18(11-9-16)24-17-5-3-2-4-6-17/h2-14,21H,1H3/b14-13+. The average molecular weight is 319 g/mol. The van der Waals surface area contributed by atoms with Gasteiger partial charge in [-0.3, -0.25) is 4.79 Å². The number of allylic oxidation sites excluding steroid dienone is 1. The lowest BCUT2D eigenvalue weighted by Crippen LogP contribution is -1.94. The van der Waals surface area contributed by atoms with Crippen molar-refractivity contribution in [3.05, 3.63) is 90.5 Å². The van der Waals surface area contributed by atoms with Crippen molar-refractivity contribution >= 4 is 11.5 Å². The molecule has 1 N–H and O–H groups in total. The molecule has 0 spiro atoms. The topological polar surface area (TPSA) is 51.5 Å². The number of ether oxygens (including phenoxy) is 1. The third kappa shape index (κ3) is 4.14. The Labute approximate surface area is 140 Å². The Balaban J connectivity index is 1.56. The minimum absolute atomic E-state index is 0.181. The third-order valence-corrected chi connectivity index (χ3v) is 3.30. The van der Waals surface area contributed by atoms with Gasteiger partial charge in [-0.1, -0.05) is 18.2 Å². The van der Waals surface area contributed by atoms with E-state index < -0.39 is 0 Å². The molecule has 0 aliphatic carbocycles. The van der Waals surface area contributed by atoms with Gasteiger partial charge in [0.2, 0.25) is 5.78 Å². The van der Waals surface area contributed by atoms with Crippen LogP contribution < -0.4 is 10.1 Å². The minimum atomic E-state index is -0.181. The van der Waals surface area contributed by atoms with E-state index in [0.717, 1.165) is 17.2 Å². The summed E-state index contributed by atoms with van der Waals surface area (Å²) < 4.78 is 11.0. The van der Waals surface area contributed by atoms with Gasteiger partial charge in [-0.15, -0.1) is 0 Å². The molecule has 1 heterocycles. The number of furan rings is 1. The quantitative estimate of drug-likeness (QED) is 0.502. The molecule has 0 fully saturated rings. The summed E-state index contributed by atoms with van der Waals surface area (Å²) in [6.07, 6.45) is 3.03. The summed E-state index contributed by atoms with van der Waals surface area (Å²) in [7, 11) is 0. The van der Waals surface area contributed by atoms with Crippen molar-refractivity contribution in [1.29, 1.82) is 0 Å². The van der Waals surface area contributed by atoms with Crippen LogP contribution in [0.15, 0.2) is 83.4 Å². The van der Waals surface area contributed by atoms with E-state index in [-0.39, 0.29) is 5.78 Å². The summed E-state index contributed by atoms with van der Waals surface area (Å²) in [4.78, 5) is 11.9. The van der Waals surface area contributed by atoms with Gasteiger partial charge in [0.15, 0.2) is 5.76 Å². The van der Waals surface area contributed by atoms with Crippen LogP contribution in [-0.2, 0) is 0 Å². The molecule has 3 rings (SSSR count). The first-order chi connectivity index (χ1) is 11.7. The van der Waals surface area contributed by atoms with Crippen LogP contribution in [0.1, 0.15) is 16.3 Å². The molecule has 1 aromatic heterocycles. The zero-order valence-corrected chi connectivity index (χ0v) is 13.2. The summed E-state index contributed by atoms with van der Waals surface area (Å²) in [5, 5.41) is 3.04. The average Bonchev–Trinajstić information content (AvgIpc) is 3.04. The van der Waals surface area contributed by atoms with Crippen LogP contribution in [-0.4, -0.2) is 5.78 Å². The largest absolute Gasteiger partial charge is 0.458 e. The number of hydrogen-bond donors (Lipinski definition) is 1. The first kappa shape index (κ1) is 15.6. The minimum Gasteiger partial charge on any atom is -0.458 e. The summed E-state index contributed by atoms with van der Waals surface area (Å²) in [5.41, 5.74) is 0.857. The van der Waals surface area contributed by atoms with E-state index in [4.69, 9.17) is 9.15 Å². The summed E-state index contributed by atoms with van der Waals surface area (Å²) >= 11 is 0. The summed E-state index contributed by atoms with van der Waals surface area (Å²) in [5.74, 6) is 2.40. The van der Waals surface area contributed by atoms with Crippen molar-refractivity contribution in [1.82, 2.24) is 0 Å². The number of anilines is 1. The highest BCUT2D eigenvalue weighted by Gasteiger charge is 2.05. The highest BCUT2D eigenvalue weighted by atomic mass is 16.5. The molecule has 24 heavy (non-hydrogen) atoms. The van der Waals surface area contributed by atoms with E-state index in [1.54, 1.807) is 25.3 Å². The van der Waals surface area contributed by atoms with Crippen molar-refractivity contribution in [3.63, 3.8) is 0 Å². The van der Waals surface area contributed by atoms with Gasteiger partial charge in [0.25, 0.3) is 0 Å². The van der Waals surface area contributed by atoms with Crippen molar-refractivity contribution in [2.24, 2.45) is 0 Å². The number of nitrogens with one attached hydrogen (secondary N) is 1. The van der Waals surface area contributed by atoms with Gasteiger partial charge in [-0.25, -0.2) is 0 Å². The van der Waals surface area contributed by atoms with E-state index in [1.807, 2.05) is 54.6 Å². The molecule has 0 atom stereocenters. The molecule has 0 bridgehead atoms. The molecular formula is C20H17NO3. The molecule has 0 amide bonds. The van der Waals surface area contributed by atoms with E-state index in [0.29, 0.717) is 11.5 Å². The number of benzene rings is 2. The maximum atomic E-state index is 11.9. The SMILES string of the molecule is Cc1ccc(C(=O)/C=C/Nc2ccc(Oc3ccccc3)cc2)o1. The van der Waals surface area contributed by atoms with Gasteiger partial charge in [0.05, 0.1) is 0 Å². The van der Waals surface area contributed by atoms with Crippen LogP contribution in [0, 0.1) is 6.92 Å². The highest BCUT2D eigenvalue weighted by Crippen LogP contribution is 2.22. The van der Waals surface area contributed by atoms with Crippen LogP contribution in [0.3, 0.4) is 0 Å². The lowest BCUT2D eigenvalue weighted by Gasteiger charge is -2.06. The number of ketones is 1. The molecule has 0 radical (unpaired) electrons. The predicted octanol–water partition coefficient (Wildman–Crippen LogP) is 5.19. The van der Waals surface area contributed by atoms with Crippen LogP contribution in [0.4, 0.5) is 5.69 Å². The van der Waals surface area contributed by atoms with Crippen molar-refractivity contribution in [2.75, 3.05) is 5.32 Å². The normalized spacial score (nSPS) is 10.7. The van der Waals surface area contributed by atoms with E-state index >= 15 is 0 Å². The fourth-order valence-electron chi connectivity index (χ4n) is 2.11. The van der Waals surface area contributed by atoms with Crippen molar-refractivity contribution in [2.45, 2.75) is 6.92 Å². The Kier molecular flexibility index (Phi) is 4.77. The maximum absolute atomic E-state index is 11.9. The smallest absolute Gasteiger partial charge is 0.222 e. The number of para-hydroxylation sites is 1. The first-order valence-electron chi connectivity index (χ1n) is 7.57. The Morgan fingerprint density at radius 1 is 0.958 bits per heavy atom. The molecule has 4 heteroatoms. The van der Waals surface area contributed by atoms with E-state index in [9.17, 15) is 4.79 Å². The Bertz CT molecular complexity index is 833. The zero-order chi connectivity index (χ0) is 16.8. The third-order valence-electron chi connectivity index (χ3n) is 3.30. The van der Waals surface area contributed by atoms with Gasteiger partial charge in [0.1, 0.15) is 17.3 Å². The Morgan fingerprint density at radius 3 is 2.33 bits per heavy atom. The van der Waals surface area contributed by atoms with E-state index in [2.05, 4.69) is 5.32 Å². The summed E-state index contributed by atoms with van der Waals surface area (Å²) in [6.45, 7) is 1.80. The lowest BCUT2D eigenvalue weighted by molar-refractivity contribution is 0.102. The molecule has 0 saturated heterocycles. The molecule has 0 aliphatic heterocycles. The fraction of sp³-hybridized carbons (Fsp3) is 0.0500. The molecule has 0 unspecified atom stereocenters. The van der Waals surface area contributed by atoms with Crippen LogP contribution >= 0.6 is 0 Å². The number of carbonyl (C=O) groups is 1. The fourth-order valence-corrected chi connectivity index (χ4v) is 2.11. The molecule has 4 nitrogen and oxygen atoms in total. The zero-order valence-electron chi connectivity index (χ0n) is 13.2. The number of carbonyl (C=O) groups excluding carboxylic acids is 1. The Hall–Kier alpha value is -3.27. The number of aryl methyl sites for hydroxylation is 1. The van der Waals surface area contributed by atoms with Gasteiger partial charge in [0, 0.05) is 18.0 Å². The molecule has 0 saturated carbocycles. The number of rotatable bonds is 6. The van der Waals surface area contributed by atoms with Gasteiger partial charge in [-0.2, -0.15) is 0 Å². The highest BCUT2D eigenvalue weighted by molar-refractivity contribution is 6.02. The molecule has 0 aliphatic rings. The van der Waals surface area contributed by atoms with Crippen LogP contribution in [0.25, 0.3) is 0 Å². The lowest BCUT2D eigenvalue weighted by atomic mass is 10.3. The number of hydrogen-bond acceptors (Lipinski definition) is 4. The molecule has 3 aromatic rings. The first-order valence-corrected chi connectivity index (χ1v) is 7.57. The maximum Gasteiger partial charge on any atom is 0.222 e. The monoisotopic (exact) mass is 319 g/mol. The van der Waals surface area contributed by atoms with Crippen molar-refractivity contribution in [3.8, 4) is 11.5 Å². The second kappa shape index (κ2) is 7.33. The summed E-state index contributed by atoms with van der Waals surface area (Å²) in [6, 6.07) is 20.5. The molecular weight excluding hydrogens is 302 g/mol. The molecule has 2 aromatic carbocycles. The van der Waals surface area contributed by atoms with Crippen LogP contribution in [0.5, 0.6) is 11.5 Å². The second-order valence-electron chi connectivity index (χ2n) is 5.19. The predicted molar refractivity (Wildman–Crippen MR) is 93.5 cm³/mol. The van der Waals surface area contributed by atoms with Crippen molar-refractivity contribution < 1.29 is 13.9 Å². The van der Waals surface area contributed by atoms with E-state index in [1.165, 1.54) is 6.08 Å².